The molecule has 0 aliphatic carbocycles. The van der Waals surface area contributed by atoms with E-state index in [9.17, 15) is 4.79 Å². The smallest absolute Gasteiger partial charge is 0.270 e. The molecule has 1 amide bonds. The Bertz CT molecular complexity index is 658. The van der Waals surface area contributed by atoms with Gasteiger partial charge in [-0.25, -0.2) is 9.97 Å². The minimum atomic E-state index is -0.187. The maximum absolute atomic E-state index is 12.5. The molecule has 0 radical (unpaired) electrons. The third-order valence-corrected chi connectivity index (χ3v) is 3.80. The van der Waals surface area contributed by atoms with Gasteiger partial charge in [0.15, 0.2) is 0 Å². The first kappa shape index (κ1) is 17.9. The number of aryl methyl sites for hydroxylation is 1. The van der Waals surface area contributed by atoms with Gasteiger partial charge < -0.3 is 10.6 Å². The van der Waals surface area contributed by atoms with E-state index in [1.807, 2.05) is 44.2 Å². The highest BCUT2D eigenvalue weighted by Crippen LogP contribution is 2.13. The fraction of sp³-hybridized carbons (Fsp3) is 0.421. The van der Waals surface area contributed by atoms with E-state index >= 15 is 0 Å². The highest BCUT2D eigenvalue weighted by atomic mass is 16.1. The zero-order chi connectivity index (χ0) is 17.4. The molecule has 128 valence electrons. The molecule has 0 spiro atoms. The quantitative estimate of drug-likeness (QED) is 0.723. The van der Waals surface area contributed by atoms with Crippen LogP contribution in [0.2, 0.25) is 0 Å². The first-order chi connectivity index (χ1) is 11.6. The summed E-state index contributed by atoms with van der Waals surface area (Å²) in [4.78, 5) is 21.2. The van der Waals surface area contributed by atoms with Crippen molar-refractivity contribution >= 4 is 11.9 Å². The maximum Gasteiger partial charge on any atom is 0.270 e. The second-order valence-electron chi connectivity index (χ2n) is 5.96. The molecular weight excluding hydrogens is 300 g/mol. The van der Waals surface area contributed by atoms with Crippen LogP contribution in [0, 0.1) is 6.92 Å². The lowest BCUT2D eigenvalue weighted by atomic mass is 10.1. The van der Waals surface area contributed by atoms with E-state index in [1.165, 1.54) is 12.8 Å². The van der Waals surface area contributed by atoms with Crippen molar-refractivity contribution in [2.24, 2.45) is 0 Å². The molecule has 0 aliphatic heterocycles. The molecule has 1 atom stereocenters. The van der Waals surface area contributed by atoms with Crippen molar-refractivity contribution in [1.29, 1.82) is 0 Å². The Labute approximate surface area is 143 Å². The lowest BCUT2D eigenvalue weighted by Gasteiger charge is -2.14. The fourth-order valence-electron chi connectivity index (χ4n) is 2.43. The number of carbonyl (C=O) groups is 1. The van der Waals surface area contributed by atoms with E-state index in [2.05, 4.69) is 27.5 Å². The Kier molecular flexibility index (Phi) is 6.73. The molecule has 1 unspecified atom stereocenters. The van der Waals surface area contributed by atoms with E-state index in [0.717, 1.165) is 24.2 Å². The summed E-state index contributed by atoms with van der Waals surface area (Å²) >= 11 is 0. The van der Waals surface area contributed by atoms with Crippen LogP contribution in [0.5, 0.6) is 0 Å². The lowest BCUT2D eigenvalue weighted by Crippen LogP contribution is -2.28. The Balaban J connectivity index is 2.02. The van der Waals surface area contributed by atoms with Gasteiger partial charge in [-0.1, -0.05) is 50.1 Å². The van der Waals surface area contributed by atoms with Gasteiger partial charge in [-0.15, -0.1) is 0 Å². The standard InChI is InChI=1S/C19H26N4O/c1-4-5-9-12-20-19-21-14(2)13-17(23-19)18(24)22-15(3)16-10-7-6-8-11-16/h6-8,10-11,13,15H,4-5,9,12H2,1-3H3,(H,22,24)(H,20,21,23). The summed E-state index contributed by atoms with van der Waals surface area (Å²) < 4.78 is 0. The van der Waals surface area contributed by atoms with Crippen molar-refractivity contribution < 1.29 is 4.79 Å². The maximum atomic E-state index is 12.5. The van der Waals surface area contributed by atoms with Gasteiger partial charge in [0.1, 0.15) is 5.69 Å². The van der Waals surface area contributed by atoms with Crippen LogP contribution in [0.15, 0.2) is 36.4 Å². The summed E-state index contributed by atoms with van der Waals surface area (Å²) in [5.41, 5.74) is 2.23. The van der Waals surface area contributed by atoms with Gasteiger partial charge in [-0.05, 0) is 31.9 Å². The molecule has 1 heterocycles. The van der Waals surface area contributed by atoms with Crippen molar-refractivity contribution in [2.75, 3.05) is 11.9 Å². The summed E-state index contributed by atoms with van der Waals surface area (Å²) in [6.07, 6.45) is 3.41. The molecule has 0 bridgehead atoms. The Hall–Kier alpha value is -2.43. The van der Waals surface area contributed by atoms with Crippen LogP contribution >= 0.6 is 0 Å². The molecule has 5 heteroatoms. The Morgan fingerprint density at radius 2 is 1.92 bits per heavy atom. The Morgan fingerprint density at radius 3 is 2.62 bits per heavy atom. The zero-order valence-corrected chi connectivity index (χ0v) is 14.7. The molecule has 1 aromatic heterocycles. The van der Waals surface area contributed by atoms with E-state index in [4.69, 9.17) is 0 Å². The van der Waals surface area contributed by atoms with Gasteiger partial charge in [0.2, 0.25) is 5.95 Å². The largest absolute Gasteiger partial charge is 0.354 e. The van der Waals surface area contributed by atoms with Gasteiger partial charge in [-0.3, -0.25) is 4.79 Å². The summed E-state index contributed by atoms with van der Waals surface area (Å²) in [7, 11) is 0. The minimum Gasteiger partial charge on any atom is -0.354 e. The highest BCUT2D eigenvalue weighted by molar-refractivity contribution is 5.92. The van der Waals surface area contributed by atoms with Crippen LogP contribution in [0.4, 0.5) is 5.95 Å². The van der Waals surface area contributed by atoms with Crippen LogP contribution in [0.25, 0.3) is 0 Å². The van der Waals surface area contributed by atoms with Crippen LogP contribution < -0.4 is 10.6 Å². The third kappa shape index (κ3) is 5.33. The highest BCUT2D eigenvalue weighted by Gasteiger charge is 2.14. The van der Waals surface area contributed by atoms with Gasteiger partial charge in [0, 0.05) is 12.2 Å². The molecule has 24 heavy (non-hydrogen) atoms. The van der Waals surface area contributed by atoms with Gasteiger partial charge in [0.25, 0.3) is 5.91 Å². The number of hydrogen-bond donors (Lipinski definition) is 2. The topological polar surface area (TPSA) is 66.9 Å². The molecule has 0 aliphatic rings. The average Bonchev–Trinajstić information content (AvgIpc) is 2.59. The molecule has 0 saturated heterocycles. The third-order valence-electron chi connectivity index (χ3n) is 3.80. The number of nitrogens with zero attached hydrogens (tertiary/aromatic N) is 2. The predicted molar refractivity (Wildman–Crippen MR) is 97.1 cm³/mol. The number of nitrogens with one attached hydrogen (secondary N) is 2. The predicted octanol–water partition coefficient (Wildman–Crippen LogP) is 3.88. The minimum absolute atomic E-state index is 0.0741. The molecule has 2 rings (SSSR count). The number of unbranched alkanes of at least 4 members (excludes halogenated alkanes) is 2. The normalized spacial score (nSPS) is 11.8. The summed E-state index contributed by atoms with van der Waals surface area (Å²) in [6.45, 7) is 6.82. The molecule has 0 fully saturated rings. The number of hydrogen-bond acceptors (Lipinski definition) is 4. The fourth-order valence-corrected chi connectivity index (χ4v) is 2.43. The van der Waals surface area contributed by atoms with Crippen LogP contribution in [0.1, 0.15) is 60.9 Å². The molecule has 2 N–H and O–H groups in total. The lowest BCUT2D eigenvalue weighted by molar-refractivity contribution is 0.0934. The van der Waals surface area contributed by atoms with E-state index in [0.29, 0.717) is 11.6 Å². The van der Waals surface area contributed by atoms with E-state index in [1.54, 1.807) is 6.07 Å². The molecule has 5 nitrogen and oxygen atoms in total. The average molecular weight is 326 g/mol. The molecule has 0 saturated carbocycles. The van der Waals surface area contributed by atoms with Gasteiger partial charge in [-0.2, -0.15) is 0 Å². The number of amides is 1. The molecular formula is C19H26N4O. The second kappa shape index (κ2) is 9.01. The van der Waals surface area contributed by atoms with Crippen molar-refractivity contribution in [3.63, 3.8) is 0 Å². The molecule has 1 aromatic carbocycles. The van der Waals surface area contributed by atoms with Crippen molar-refractivity contribution in [3.05, 3.63) is 53.3 Å². The van der Waals surface area contributed by atoms with Gasteiger partial charge >= 0.3 is 0 Å². The summed E-state index contributed by atoms with van der Waals surface area (Å²) in [5, 5.41) is 6.18. The monoisotopic (exact) mass is 326 g/mol. The zero-order valence-electron chi connectivity index (χ0n) is 14.7. The second-order valence-corrected chi connectivity index (χ2v) is 5.96. The number of aromatic nitrogens is 2. The summed E-state index contributed by atoms with van der Waals surface area (Å²) in [5.74, 6) is 0.331. The van der Waals surface area contributed by atoms with E-state index < -0.39 is 0 Å². The van der Waals surface area contributed by atoms with Crippen LogP contribution in [0.3, 0.4) is 0 Å². The Morgan fingerprint density at radius 1 is 1.17 bits per heavy atom. The number of carbonyl (C=O) groups excluding carboxylic acids is 1. The first-order valence-corrected chi connectivity index (χ1v) is 8.55. The van der Waals surface area contributed by atoms with Crippen LogP contribution in [-0.2, 0) is 0 Å². The van der Waals surface area contributed by atoms with Gasteiger partial charge in [0.05, 0.1) is 6.04 Å². The van der Waals surface area contributed by atoms with E-state index in [-0.39, 0.29) is 11.9 Å². The number of rotatable bonds is 8. The molecule has 2 aromatic rings. The van der Waals surface area contributed by atoms with Crippen molar-refractivity contribution in [2.45, 2.75) is 46.1 Å². The van der Waals surface area contributed by atoms with Crippen LogP contribution in [-0.4, -0.2) is 22.4 Å². The number of benzene rings is 1. The first-order valence-electron chi connectivity index (χ1n) is 8.55. The van der Waals surface area contributed by atoms with Crippen molar-refractivity contribution in [3.8, 4) is 0 Å². The SMILES string of the molecule is CCCCCNc1nc(C)cc(C(=O)NC(C)c2ccccc2)n1. The van der Waals surface area contributed by atoms with Crippen molar-refractivity contribution in [1.82, 2.24) is 15.3 Å². The number of anilines is 1. The summed E-state index contributed by atoms with van der Waals surface area (Å²) in [6, 6.07) is 11.5.